The molecule has 9 aromatic carbocycles. The molecule has 0 N–H and O–H groups in total. The van der Waals surface area contributed by atoms with Gasteiger partial charge in [0, 0.05) is 32.9 Å². The minimum Gasteiger partial charge on any atom is -0.334 e. The van der Waals surface area contributed by atoms with Crippen molar-refractivity contribution in [3.8, 4) is 33.4 Å². The lowest BCUT2D eigenvalue weighted by atomic mass is 9.68. The van der Waals surface area contributed by atoms with Gasteiger partial charge in [-0.15, -0.1) is 11.3 Å². The van der Waals surface area contributed by atoms with Crippen LogP contribution in [0, 0.1) is 0 Å². The molecule has 1 unspecified atom stereocenters. The average Bonchev–Trinajstić information content (AvgIpc) is 3.86. The predicted octanol–water partition coefficient (Wildman–Crippen LogP) is 15.5. The van der Waals surface area contributed by atoms with E-state index >= 15 is 0 Å². The van der Waals surface area contributed by atoms with Gasteiger partial charge in [0.25, 0.3) is 0 Å². The molecule has 2 heteroatoms. The Morgan fingerprint density at radius 3 is 1.92 bits per heavy atom. The molecule has 1 heterocycles. The summed E-state index contributed by atoms with van der Waals surface area (Å²) in [6, 6.07) is 81.0. The predicted molar refractivity (Wildman–Crippen MR) is 259 cm³/mol. The molecule has 61 heavy (non-hydrogen) atoms. The lowest BCUT2D eigenvalue weighted by Crippen LogP contribution is -2.33. The molecule has 0 aliphatic heterocycles. The Labute approximate surface area is 361 Å². The van der Waals surface area contributed by atoms with E-state index in [2.05, 4.69) is 235 Å². The second-order valence-corrected chi connectivity index (χ2v) is 17.5. The highest BCUT2D eigenvalue weighted by Gasteiger charge is 2.47. The van der Waals surface area contributed by atoms with Crippen molar-refractivity contribution < 1.29 is 0 Å². The van der Waals surface area contributed by atoms with Gasteiger partial charge in [-0.25, -0.2) is 0 Å². The molecule has 288 valence electrons. The quantitative estimate of drug-likeness (QED) is 0.155. The molecule has 0 fully saturated rings. The number of rotatable bonds is 7. The molecule has 12 rings (SSSR count). The number of hydrogen-bond acceptors (Lipinski definition) is 2. The van der Waals surface area contributed by atoms with Crippen LogP contribution >= 0.6 is 11.3 Å². The highest BCUT2D eigenvalue weighted by molar-refractivity contribution is 7.19. The van der Waals surface area contributed by atoms with Crippen LogP contribution in [0.5, 0.6) is 0 Å². The highest BCUT2D eigenvalue weighted by Crippen LogP contribution is 2.59. The summed E-state index contributed by atoms with van der Waals surface area (Å²) >= 11 is 1.94. The molecule has 1 atom stereocenters. The molecule has 0 radical (unpaired) electrons. The molecule has 2 aliphatic carbocycles. The van der Waals surface area contributed by atoms with E-state index in [1.165, 1.54) is 98.3 Å². The summed E-state index contributed by atoms with van der Waals surface area (Å²) in [6.07, 6.45) is 5.76. The number of fused-ring (bicyclic) bond motifs is 7. The maximum Gasteiger partial charge on any atom is 0.0714 e. The van der Waals surface area contributed by atoms with Crippen LogP contribution in [0.3, 0.4) is 0 Å². The van der Waals surface area contributed by atoms with Crippen LogP contribution in [0.4, 0.5) is 11.4 Å². The molecular weight excluding hydrogens is 755 g/mol. The summed E-state index contributed by atoms with van der Waals surface area (Å²) in [7, 11) is 0. The van der Waals surface area contributed by atoms with Crippen molar-refractivity contribution >= 4 is 49.6 Å². The van der Waals surface area contributed by atoms with Gasteiger partial charge >= 0.3 is 0 Å². The molecule has 0 spiro atoms. The van der Waals surface area contributed by atoms with Crippen molar-refractivity contribution in [2.75, 3.05) is 4.90 Å². The standard InChI is InChI=1S/C59H41NS/c1-3-22-44(23-4-1)59(45-24-5-2-6-25-45)53-31-11-9-29-52(53)58-54(59)32-16-33-55(58)60(47-35-36-51-50-28-10-12-34-56(50)61-57(51)39-47)46-26-14-20-42(38-46)41-19-13-21-43(37-41)49-30-15-18-40-17-7-8-27-48(40)49/h1-38,47H,39H2. The Balaban J connectivity index is 1.07. The lowest BCUT2D eigenvalue weighted by molar-refractivity contribution is 0.763. The number of anilines is 2. The van der Waals surface area contributed by atoms with E-state index in [0.29, 0.717) is 0 Å². The number of hydrogen-bond donors (Lipinski definition) is 0. The summed E-state index contributed by atoms with van der Waals surface area (Å²) in [6.45, 7) is 0. The topological polar surface area (TPSA) is 3.24 Å². The maximum atomic E-state index is 2.64. The molecule has 10 aromatic rings. The second kappa shape index (κ2) is 14.5. The van der Waals surface area contributed by atoms with E-state index in [1.54, 1.807) is 0 Å². The van der Waals surface area contributed by atoms with Crippen molar-refractivity contribution in [2.24, 2.45) is 0 Å². The van der Waals surface area contributed by atoms with E-state index in [-0.39, 0.29) is 6.04 Å². The third-order valence-corrected chi connectivity index (χ3v) is 14.3. The van der Waals surface area contributed by atoms with Crippen LogP contribution in [0.25, 0.3) is 60.3 Å². The minimum atomic E-state index is -0.485. The number of thiophene rings is 1. The summed E-state index contributed by atoms with van der Waals surface area (Å²) in [5.74, 6) is 0. The molecule has 1 aromatic heterocycles. The fraction of sp³-hybridized carbons (Fsp3) is 0.0508. The summed E-state index contributed by atoms with van der Waals surface area (Å²) in [4.78, 5) is 4.08. The largest absolute Gasteiger partial charge is 0.334 e. The van der Waals surface area contributed by atoms with E-state index in [0.717, 1.165) is 6.42 Å². The van der Waals surface area contributed by atoms with Crippen molar-refractivity contribution in [1.82, 2.24) is 0 Å². The average molecular weight is 796 g/mol. The fourth-order valence-corrected chi connectivity index (χ4v) is 11.7. The first kappa shape index (κ1) is 35.7. The van der Waals surface area contributed by atoms with Gasteiger partial charge in [0.2, 0.25) is 0 Å². The van der Waals surface area contributed by atoms with Crippen molar-refractivity contribution in [3.63, 3.8) is 0 Å². The monoisotopic (exact) mass is 795 g/mol. The van der Waals surface area contributed by atoms with Gasteiger partial charge in [0.1, 0.15) is 0 Å². The molecule has 1 nitrogen and oxygen atoms in total. The zero-order valence-corrected chi connectivity index (χ0v) is 34.4. The first-order valence-electron chi connectivity index (χ1n) is 21.3. The normalized spacial score (nSPS) is 14.7. The van der Waals surface area contributed by atoms with Gasteiger partial charge in [-0.05, 0) is 102 Å². The third kappa shape index (κ3) is 5.67. The van der Waals surface area contributed by atoms with Crippen LogP contribution < -0.4 is 4.90 Å². The summed E-state index contributed by atoms with van der Waals surface area (Å²) in [5.41, 5.74) is 15.9. The fourth-order valence-electron chi connectivity index (χ4n) is 10.5. The van der Waals surface area contributed by atoms with E-state index in [9.17, 15) is 0 Å². The Morgan fingerprint density at radius 1 is 0.475 bits per heavy atom. The highest BCUT2D eigenvalue weighted by atomic mass is 32.1. The van der Waals surface area contributed by atoms with Crippen LogP contribution in [-0.4, -0.2) is 6.04 Å². The van der Waals surface area contributed by atoms with E-state index in [1.807, 2.05) is 11.3 Å². The van der Waals surface area contributed by atoms with Gasteiger partial charge in [0.05, 0.1) is 11.5 Å². The van der Waals surface area contributed by atoms with Gasteiger partial charge in [-0.2, -0.15) is 0 Å². The second-order valence-electron chi connectivity index (χ2n) is 16.3. The van der Waals surface area contributed by atoms with Crippen molar-refractivity contribution in [1.29, 1.82) is 0 Å². The van der Waals surface area contributed by atoms with Crippen molar-refractivity contribution in [2.45, 2.75) is 17.9 Å². The molecule has 0 amide bonds. The van der Waals surface area contributed by atoms with Gasteiger partial charge in [-0.3, -0.25) is 0 Å². The first-order chi connectivity index (χ1) is 30.3. The van der Waals surface area contributed by atoms with E-state index in [4.69, 9.17) is 0 Å². The van der Waals surface area contributed by atoms with E-state index < -0.39 is 5.41 Å². The minimum absolute atomic E-state index is 0.0833. The Kier molecular flexibility index (Phi) is 8.47. The zero-order valence-electron chi connectivity index (χ0n) is 33.6. The molecular formula is C59H41NS. The van der Waals surface area contributed by atoms with Gasteiger partial charge in [-0.1, -0.05) is 200 Å². The summed E-state index contributed by atoms with van der Waals surface area (Å²) < 4.78 is 1.35. The molecule has 2 aliphatic rings. The summed E-state index contributed by atoms with van der Waals surface area (Å²) in [5, 5.41) is 3.87. The van der Waals surface area contributed by atoms with Gasteiger partial charge in [0.15, 0.2) is 0 Å². The van der Waals surface area contributed by atoms with Crippen LogP contribution in [0.1, 0.15) is 32.7 Å². The van der Waals surface area contributed by atoms with Crippen molar-refractivity contribution in [3.05, 3.63) is 257 Å². The molecule has 0 saturated heterocycles. The Morgan fingerprint density at radius 2 is 1.08 bits per heavy atom. The molecule has 0 saturated carbocycles. The first-order valence-corrected chi connectivity index (χ1v) is 22.1. The third-order valence-electron chi connectivity index (χ3n) is 13.1. The Bertz CT molecular complexity index is 3260. The number of benzene rings is 9. The van der Waals surface area contributed by atoms with Crippen LogP contribution in [-0.2, 0) is 11.8 Å². The zero-order chi connectivity index (χ0) is 40.3. The van der Waals surface area contributed by atoms with Gasteiger partial charge < -0.3 is 4.90 Å². The number of nitrogens with zero attached hydrogens (tertiary/aromatic N) is 1. The molecule has 0 bridgehead atoms. The smallest absolute Gasteiger partial charge is 0.0714 e. The Hall–Kier alpha value is -7.26. The van der Waals surface area contributed by atoms with Crippen LogP contribution in [0.2, 0.25) is 0 Å². The lowest BCUT2D eigenvalue weighted by Gasteiger charge is -2.37. The maximum absolute atomic E-state index is 2.64. The van der Waals surface area contributed by atoms with Crippen LogP contribution in [0.15, 0.2) is 224 Å². The SMILES string of the molecule is C1=CC(N(c2cccc(-c3cccc(-c4cccc5ccccc45)c3)c2)c2cccc3c2-c2ccccc2C3(c2ccccc2)c2ccccc2)Cc2sc3ccccc3c21.